The summed E-state index contributed by atoms with van der Waals surface area (Å²) < 4.78 is 0. The van der Waals surface area contributed by atoms with Gasteiger partial charge in [-0.05, 0) is 18.8 Å². The minimum absolute atomic E-state index is 1.02. The number of rotatable bonds is 2. The van der Waals surface area contributed by atoms with E-state index in [1.54, 1.807) is 0 Å². The number of nitrogens with zero attached hydrogens (tertiary/aromatic N) is 2. The largest absolute Gasteiger partial charge is 0.438 e. The van der Waals surface area contributed by atoms with Gasteiger partial charge in [-0.2, -0.15) is 0 Å². The van der Waals surface area contributed by atoms with Crippen LogP contribution in [0.2, 0.25) is 0 Å². The van der Waals surface area contributed by atoms with Crippen LogP contribution in [0.15, 0.2) is 0 Å². The lowest BCUT2D eigenvalue weighted by Crippen LogP contribution is -2.27. The van der Waals surface area contributed by atoms with Gasteiger partial charge in [-0.3, -0.25) is 0 Å². The van der Waals surface area contributed by atoms with Gasteiger partial charge in [0.05, 0.1) is 0 Å². The van der Waals surface area contributed by atoms with E-state index in [1.165, 1.54) is 14.1 Å². The van der Waals surface area contributed by atoms with E-state index in [2.05, 4.69) is 28.5 Å². The molecule has 12 heavy (non-hydrogen) atoms. The third-order valence-corrected chi connectivity index (χ3v) is 0.831. The summed E-state index contributed by atoms with van der Waals surface area (Å²) in [5.74, 6) is -2.16. The Morgan fingerprint density at radius 3 is 1.42 bits per heavy atom. The second-order valence-corrected chi connectivity index (χ2v) is 3.30. The second kappa shape index (κ2) is 5.38. The molecule has 0 N–H and O–H groups in total. The van der Waals surface area contributed by atoms with Crippen molar-refractivity contribution in [2.24, 2.45) is 0 Å². The van der Waals surface area contributed by atoms with Gasteiger partial charge in [-0.15, -0.1) is 9.67 Å². The Balaban J connectivity index is 3.86. The molecule has 0 fully saturated rings. The predicted octanol–water partition coefficient (Wildman–Crippen LogP) is -0.653. The van der Waals surface area contributed by atoms with Gasteiger partial charge in [0.2, 0.25) is 0 Å². The minimum Gasteiger partial charge on any atom is -0.356 e. The maximum absolute atomic E-state index is 10.7. The van der Waals surface area contributed by atoms with E-state index in [0.717, 1.165) is 9.67 Å². The van der Waals surface area contributed by atoms with Crippen molar-refractivity contribution in [2.45, 2.75) is 0 Å². The fraction of sp³-hybridized carbons (Fsp3) is 0.500. The van der Waals surface area contributed by atoms with Crippen LogP contribution in [0.1, 0.15) is 0 Å². The average Bonchev–Trinajstić information content (AvgIpc) is 1.84. The summed E-state index contributed by atoms with van der Waals surface area (Å²) in [4.78, 5) is 32.2. The zero-order chi connectivity index (χ0) is 9.72. The first-order chi connectivity index (χ1) is 5.43. The number of hydroxylamine groups is 2. The highest BCUT2D eigenvalue weighted by atomic mass is 31.0. The van der Waals surface area contributed by atoms with E-state index in [1.807, 2.05) is 0 Å². The smallest absolute Gasteiger partial charge is 0.356 e. The zero-order valence-corrected chi connectivity index (χ0v) is 8.99. The van der Waals surface area contributed by atoms with E-state index >= 15 is 0 Å². The highest BCUT2D eigenvalue weighted by molar-refractivity contribution is 7.13. The van der Waals surface area contributed by atoms with Gasteiger partial charge in [0, 0.05) is 14.1 Å². The molecule has 2 unspecified atom stereocenters. The molecule has 70 valence electrons. The molecule has 0 bridgehead atoms. The molecular weight excluding hydrogens is 202 g/mol. The van der Waals surface area contributed by atoms with Crippen molar-refractivity contribution >= 4 is 30.7 Å². The van der Waals surface area contributed by atoms with Crippen molar-refractivity contribution in [3.63, 3.8) is 0 Å². The molecular formula is C4H10N2O4P2. The molecule has 0 spiro atoms. The Hall–Kier alpha value is -0.280. The number of carbonyl (C=O) groups is 2. The van der Waals surface area contributed by atoms with Crippen LogP contribution < -0.4 is 0 Å². The van der Waals surface area contributed by atoms with E-state index in [-0.39, 0.29) is 0 Å². The van der Waals surface area contributed by atoms with Crippen LogP contribution in [0.3, 0.4) is 0 Å². The standard InChI is InChI=1S/C4H10N2O4P2/c1-5(11)9-3(7)4(8)10-6(2)12/h11-12H2,1-2H3. The monoisotopic (exact) mass is 212 g/mol. The normalized spacial score (nSPS) is 10.2. The van der Waals surface area contributed by atoms with Crippen LogP contribution in [0.4, 0.5) is 0 Å². The minimum atomic E-state index is -1.08. The fourth-order valence-corrected chi connectivity index (χ4v) is 0.528. The summed E-state index contributed by atoms with van der Waals surface area (Å²) in [5, 5.41) is 0. The van der Waals surface area contributed by atoms with Crippen molar-refractivity contribution < 1.29 is 19.3 Å². The molecule has 0 aromatic carbocycles. The van der Waals surface area contributed by atoms with Crippen molar-refractivity contribution in [1.82, 2.24) is 9.67 Å². The molecule has 0 aliphatic heterocycles. The summed E-state index contributed by atoms with van der Waals surface area (Å²) in [5.41, 5.74) is 0. The molecule has 0 aromatic heterocycles. The second-order valence-electron chi connectivity index (χ2n) is 1.85. The van der Waals surface area contributed by atoms with Gasteiger partial charge in [0.25, 0.3) is 0 Å². The van der Waals surface area contributed by atoms with Crippen molar-refractivity contribution in [3.05, 3.63) is 0 Å². The Kier molecular flexibility index (Phi) is 5.25. The topological polar surface area (TPSA) is 59.1 Å². The predicted molar refractivity (Wildman–Crippen MR) is 47.1 cm³/mol. The SMILES string of the molecule is CN(P)OC(=O)C(=O)ON(C)P. The van der Waals surface area contributed by atoms with Gasteiger partial charge >= 0.3 is 11.9 Å². The number of hydrogen-bond acceptors (Lipinski definition) is 6. The fourth-order valence-electron chi connectivity index (χ4n) is 0.336. The molecule has 0 heterocycles. The molecule has 6 nitrogen and oxygen atoms in total. The van der Waals surface area contributed by atoms with Gasteiger partial charge in [-0.1, -0.05) is 0 Å². The Labute approximate surface area is 74.6 Å². The third-order valence-electron chi connectivity index (χ3n) is 0.620. The average molecular weight is 212 g/mol. The third kappa shape index (κ3) is 5.38. The molecule has 0 aromatic rings. The van der Waals surface area contributed by atoms with E-state index < -0.39 is 11.9 Å². The van der Waals surface area contributed by atoms with Crippen LogP contribution >= 0.6 is 18.8 Å². The Morgan fingerprint density at radius 2 is 1.25 bits per heavy atom. The number of carbonyl (C=O) groups excluding carboxylic acids is 2. The molecule has 0 saturated carbocycles. The quantitative estimate of drug-likeness (QED) is 0.344. The maximum Gasteiger partial charge on any atom is 0.438 e. The summed E-state index contributed by atoms with van der Waals surface area (Å²) in [6, 6.07) is 0. The maximum atomic E-state index is 10.7. The molecule has 2 atom stereocenters. The van der Waals surface area contributed by atoms with E-state index in [0.29, 0.717) is 0 Å². The lowest BCUT2D eigenvalue weighted by atomic mass is 10.7. The molecule has 0 rings (SSSR count). The highest BCUT2D eigenvalue weighted by Gasteiger charge is 2.19. The van der Waals surface area contributed by atoms with Gasteiger partial charge < -0.3 is 9.68 Å². The van der Waals surface area contributed by atoms with Crippen molar-refractivity contribution in [2.75, 3.05) is 14.1 Å². The number of hydrogen-bond donors (Lipinski definition) is 0. The summed E-state index contributed by atoms with van der Waals surface area (Å²) >= 11 is 0. The first-order valence-corrected chi connectivity index (χ1v) is 3.88. The molecule has 8 heteroatoms. The van der Waals surface area contributed by atoms with Crippen LogP contribution in [0.5, 0.6) is 0 Å². The highest BCUT2D eigenvalue weighted by Crippen LogP contribution is 1.98. The van der Waals surface area contributed by atoms with Gasteiger partial charge in [-0.25, -0.2) is 9.59 Å². The molecule has 0 radical (unpaired) electrons. The van der Waals surface area contributed by atoms with Crippen molar-refractivity contribution in [1.29, 1.82) is 0 Å². The van der Waals surface area contributed by atoms with Crippen LogP contribution in [0.25, 0.3) is 0 Å². The van der Waals surface area contributed by atoms with E-state index in [4.69, 9.17) is 0 Å². The van der Waals surface area contributed by atoms with Crippen LogP contribution in [-0.4, -0.2) is 35.7 Å². The molecule has 0 aliphatic carbocycles. The van der Waals surface area contributed by atoms with E-state index in [9.17, 15) is 9.59 Å². The lowest BCUT2D eigenvalue weighted by molar-refractivity contribution is -0.191. The van der Waals surface area contributed by atoms with Crippen LogP contribution in [-0.2, 0) is 19.3 Å². The van der Waals surface area contributed by atoms with Crippen molar-refractivity contribution in [3.8, 4) is 0 Å². The summed E-state index contributed by atoms with van der Waals surface area (Å²) in [6.07, 6.45) is 0. The summed E-state index contributed by atoms with van der Waals surface area (Å²) in [6.45, 7) is 0. The lowest BCUT2D eigenvalue weighted by Gasteiger charge is -2.11. The Bertz CT molecular complexity index is 164. The molecule has 0 saturated heterocycles. The van der Waals surface area contributed by atoms with Gasteiger partial charge in [0.15, 0.2) is 0 Å². The summed E-state index contributed by atoms with van der Waals surface area (Å²) in [7, 11) is 7.00. The molecule has 0 amide bonds. The zero-order valence-electron chi connectivity index (χ0n) is 6.68. The first kappa shape index (κ1) is 11.7. The first-order valence-electron chi connectivity index (χ1n) is 2.84. The molecule has 0 aliphatic rings. The Morgan fingerprint density at radius 1 is 1.00 bits per heavy atom. The van der Waals surface area contributed by atoms with Gasteiger partial charge in [0.1, 0.15) is 0 Å². The van der Waals surface area contributed by atoms with Crippen LogP contribution in [0, 0.1) is 0 Å².